The van der Waals surface area contributed by atoms with Gasteiger partial charge in [0.15, 0.2) is 5.96 Å². The maximum atomic E-state index is 6.01. The first kappa shape index (κ1) is 16.3. The summed E-state index contributed by atoms with van der Waals surface area (Å²) in [6.45, 7) is 3.86. The molecule has 2 heterocycles. The van der Waals surface area contributed by atoms with Crippen LogP contribution in [0.4, 0.5) is 0 Å². The van der Waals surface area contributed by atoms with Crippen LogP contribution in [-0.4, -0.2) is 43.7 Å². The second kappa shape index (κ2) is 7.79. The van der Waals surface area contributed by atoms with Crippen molar-refractivity contribution in [2.24, 2.45) is 10.9 Å². The fraction of sp³-hybridized carbons (Fsp3) is 0.688. The third-order valence-corrected chi connectivity index (χ3v) is 5.84. The molecule has 0 unspecified atom stereocenters. The highest BCUT2D eigenvalue weighted by atomic mass is 79.9. The molecule has 1 aromatic heterocycles. The van der Waals surface area contributed by atoms with Crippen molar-refractivity contribution in [2.45, 2.75) is 38.3 Å². The number of thiophene rings is 1. The molecular weight excluding hydrogens is 362 g/mol. The van der Waals surface area contributed by atoms with Crippen molar-refractivity contribution >= 4 is 33.2 Å². The molecule has 0 atom stereocenters. The van der Waals surface area contributed by atoms with E-state index in [2.05, 4.69) is 42.6 Å². The van der Waals surface area contributed by atoms with Crippen molar-refractivity contribution in [2.75, 3.05) is 26.7 Å². The molecule has 2 aliphatic rings. The van der Waals surface area contributed by atoms with Crippen LogP contribution in [0.2, 0.25) is 0 Å². The maximum absolute atomic E-state index is 6.01. The Kier molecular flexibility index (Phi) is 5.77. The van der Waals surface area contributed by atoms with E-state index in [-0.39, 0.29) is 0 Å². The van der Waals surface area contributed by atoms with E-state index in [1.165, 1.54) is 22.2 Å². The molecule has 3 rings (SSSR count). The normalized spacial score (nSPS) is 20.5. The number of ether oxygens (including phenoxy) is 1. The Morgan fingerprint density at radius 2 is 2.18 bits per heavy atom. The van der Waals surface area contributed by atoms with E-state index in [1.54, 1.807) is 11.3 Å². The molecule has 6 heteroatoms. The minimum Gasteiger partial charge on any atom is -0.378 e. The van der Waals surface area contributed by atoms with Crippen LogP contribution in [0.15, 0.2) is 20.2 Å². The molecule has 1 aliphatic heterocycles. The number of aliphatic imine (C=N–C) groups is 1. The van der Waals surface area contributed by atoms with Crippen LogP contribution < -0.4 is 5.32 Å². The first-order valence-electron chi connectivity index (χ1n) is 8.04. The van der Waals surface area contributed by atoms with Gasteiger partial charge in [-0.3, -0.25) is 4.99 Å². The first-order valence-corrected chi connectivity index (χ1v) is 9.72. The summed E-state index contributed by atoms with van der Waals surface area (Å²) >= 11 is 5.22. The van der Waals surface area contributed by atoms with E-state index in [0.29, 0.717) is 6.10 Å². The van der Waals surface area contributed by atoms with Crippen molar-refractivity contribution in [3.63, 3.8) is 0 Å². The number of nitrogens with zero attached hydrogens (tertiary/aromatic N) is 2. The van der Waals surface area contributed by atoms with Gasteiger partial charge in [-0.05, 0) is 64.5 Å². The zero-order valence-electron chi connectivity index (χ0n) is 13.1. The lowest BCUT2D eigenvalue weighted by molar-refractivity contribution is 0.0131. The third kappa shape index (κ3) is 4.70. The summed E-state index contributed by atoms with van der Waals surface area (Å²) in [4.78, 5) is 6.77. The van der Waals surface area contributed by atoms with E-state index in [0.717, 1.165) is 51.0 Å². The summed E-state index contributed by atoms with van der Waals surface area (Å²) < 4.78 is 7.18. The van der Waals surface area contributed by atoms with Crippen molar-refractivity contribution in [1.29, 1.82) is 0 Å². The molecule has 1 saturated carbocycles. The predicted molar refractivity (Wildman–Crippen MR) is 95.5 cm³/mol. The van der Waals surface area contributed by atoms with Gasteiger partial charge in [0, 0.05) is 33.3 Å². The van der Waals surface area contributed by atoms with E-state index in [1.807, 2.05) is 7.05 Å². The van der Waals surface area contributed by atoms with Crippen LogP contribution >= 0.6 is 27.3 Å². The van der Waals surface area contributed by atoms with Gasteiger partial charge in [0.2, 0.25) is 0 Å². The topological polar surface area (TPSA) is 36.9 Å². The molecule has 0 amide bonds. The van der Waals surface area contributed by atoms with E-state index >= 15 is 0 Å². The number of guanidine groups is 1. The van der Waals surface area contributed by atoms with Crippen LogP contribution in [0.1, 0.15) is 31.2 Å². The zero-order valence-corrected chi connectivity index (χ0v) is 15.5. The molecule has 1 aromatic rings. The lowest BCUT2D eigenvalue weighted by Crippen LogP contribution is -2.46. The van der Waals surface area contributed by atoms with Gasteiger partial charge in [0.1, 0.15) is 0 Å². The van der Waals surface area contributed by atoms with Gasteiger partial charge in [-0.15, -0.1) is 11.3 Å². The summed E-state index contributed by atoms with van der Waals surface area (Å²) in [6, 6.07) is 2.16. The van der Waals surface area contributed by atoms with Gasteiger partial charge in [-0.2, -0.15) is 0 Å². The van der Waals surface area contributed by atoms with Crippen molar-refractivity contribution in [3.8, 4) is 0 Å². The molecule has 1 aliphatic carbocycles. The fourth-order valence-corrected chi connectivity index (χ4v) is 3.95. The van der Waals surface area contributed by atoms with Crippen LogP contribution in [-0.2, 0) is 11.3 Å². The van der Waals surface area contributed by atoms with Crippen LogP contribution in [0.3, 0.4) is 0 Å². The van der Waals surface area contributed by atoms with Gasteiger partial charge < -0.3 is 15.0 Å². The summed E-state index contributed by atoms with van der Waals surface area (Å²) in [5.74, 6) is 1.86. The largest absolute Gasteiger partial charge is 0.378 e. The molecule has 22 heavy (non-hydrogen) atoms. The SMILES string of the molecule is CN=C(NCc1csc(Br)c1)N1CCC(OCC2CC2)CC1. The number of nitrogens with one attached hydrogen (secondary N) is 1. The van der Waals surface area contributed by atoms with Crippen LogP contribution in [0.25, 0.3) is 0 Å². The number of hydrogen-bond acceptors (Lipinski definition) is 3. The van der Waals surface area contributed by atoms with Crippen molar-refractivity contribution in [3.05, 3.63) is 20.8 Å². The highest BCUT2D eigenvalue weighted by Crippen LogP contribution is 2.30. The van der Waals surface area contributed by atoms with Crippen LogP contribution in [0.5, 0.6) is 0 Å². The molecular formula is C16H24BrN3OS. The average molecular weight is 386 g/mol. The molecule has 2 fully saturated rings. The Morgan fingerprint density at radius 1 is 1.41 bits per heavy atom. The highest BCUT2D eigenvalue weighted by Gasteiger charge is 2.26. The van der Waals surface area contributed by atoms with Gasteiger partial charge in [-0.1, -0.05) is 0 Å². The number of likely N-dealkylation sites (tertiary alicyclic amines) is 1. The second-order valence-corrected chi connectivity index (χ2v) is 8.41. The average Bonchev–Trinajstić information content (AvgIpc) is 3.28. The number of rotatable bonds is 5. The number of hydrogen-bond donors (Lipinski definition) is 1. The standard InChI is InChI=1S/C16H24BrN3OS/c1-18-16(19-9-13-8-15(17)22-11-13)20-6-4-14(5-7-20)21-10-12-2-3-12/h8,11-12,14H,2-7,9-10H2,1H3,(H,18,19). The first-order chi connectivity index (χ1) is 10.7. The lowest BCUT2D eigenvalue weighted by Gasteiger charge is -2.34. The molecule has 122 valence electrons. The Labute approximate surface area is 145 Å². The van der Waals surface area contributed by atoms with E-state index in [4.69, 9.17) is 4.74 Å². The van der Waals surface area contributed by atoms with Crippen molar-refractivity contribution in [1.82, 2.24) is 10.2 Å². The molecule has 1 N–H and O–H groups in total. The Hall–Kier alpha value is -0.590. The molecule has 0 radical (unpaired) electrons. The zero-order chi connectivity index (χ0) is 15.4. The van der Waals surface area contributed by atoms with Crippen LogP contribution in [0, 0.1) is 5.92 Å². The van der Waals surface area contributed by atoms with E-state index < -0.39 is 0 Å². The van der Waals surface area contributed by atoms with Crippen molar-refractivity contribution < 1.29 is 4.74 Å². The summed E-state index contributed by atoms with van der Waals surface area (Å²) in [5.41, 5.74) is 1.29. The lowest BCUT2D eigenvalue weighted by atomic mass is 10.1. The smallest absolute Gasteiger partial charge is 0.193 e. The van der Waals surface area contributed by atoms with Gasteiger partial charge in [0.25, 0.3) is 0 Å². The second-order valence-electron chi connectivity index (χ2n) is 6.12. The molecule has 4 nitrogen and oxygen atoms in total. The van der Waals surface area contributed by atoms with Gasteiger partial charge in [0.05, 0.1) is 9.89 Å². The number of halogens is 1. The summed E-state index contributed by atoms with van der Waals surface area (Å²) in [5, 5.41) is 5.63. The Bertz CT molecular complexity index is 507. The molecule has 0 spiro atoms. The summed E-state index contributed by atoms with van der Waals surface area (Å²) in [6.07, 6.45) is 5.40. The predicted octanol–water partition coefficient (Wildman–Crippen LogP) is 3.48. The Morgan fingerprint density at radius 3 is 2.77 bits per heavy atom. The van der Waals surface area contributed by atoms with E-state index in [9.17, 15) is 0 Å². The summed E-state index contributed by atoms with van der Waals surface area (Å²) in [7, 11) is 1.86. The quantitative estimate of drug-likeness (QED) is 0.622. The maximum Gasteiger partial charge on any atom is 0.193 e. The monoisotopic (exact) mass is 385 g/mol. The Balaban J connectivity index is 1.41. The minimum atomic E-state index is 0.447. The molecule has 0 aromatic carbocycles. The number of piperidine rings is 1. The highest BCUT2D eigenvalue weighted by molar-refractivity contribution is 9.11. The van der Waals surface area contributed by atoms with Gasteiger partial charge >= 0.3 is 0 Å². The molecule has 0 bridgehead atoms. The molecule has 1 saturated heterocycles. The van der Waals surface area contributed by atoms with Gasteiger partial charge in [-0.25, -0.2) is 0 Å². The fourth-order valence-electron chi connectivity index (χ4n) is 2.74. The third-order valence-electron chi connectivity index (χ3n) is 4.29. The minimum absolute atomic E-state index is 0.447.